The van der Waals surface area contributed by atoms with Gasteiger partial charge in [-0.2, -0.15) is 0 Å². The fourth-order valence-electron chi connectivity index (χ4n) is 0.0430. The van der Waals surface area contributed by atoms with Crippen LogP contribution < -0.4 is 0 Å². The predicted octanol–water partition coefficient (Wildman–Crippen LogP) is 1.42. The molecule has 0 bridgehead atoms. The van der Waals surface area contributed by atoms with Gasteiger partial charge in [-0.3, -0.25) is 8.88 Å². The van der Waals surface area contributed by atoms with Gasteiger partial charge in [0.2, 0.25) is 0 Å². The van der Waals surface area contributed by atoms with Gasteiger partial charge in [-0.05, 0) is 8.93 Å². The molecule has 0 aliphatic heterocycles. The van der Waals surface area contributed by atoms with Crippen molar-refractivity contribution >= 4 is 25.7 Å². The molecule has 0 saturated heterocycles. The standard InChI is InChI=1S/CH7O3P3/c1-3-7(2,6)4-5/h5-6H2,1H3. The van der Waals surface area contributed by atoms with Crippen LogP contribution in [0.3, 0.4) is 0 Å². The third-order valence-electron chi connectivity index (χ3n) is 0.401. The van der Waals surface area contributed by atoms with Crippen LogP contribution >= 0.6 is 25.7 Å². The zero-order chi connectivity index (χ0) is 5.91. The predicted molar refractivity (Wildman–Crippen MR) is 35.1 cm³/mol. The van der Waals surface area contributed by atoms with Crippen molar-refractivity contribution in [3.05, 3.63) is 0 Å². The molecule has 3 unspecified atom stereocenters. The second-order valence-electron chi connectivity index (χ2n) is 0.828. The SMILES string of the molecule is COP(=O)(P)OP. The molecule has 0 spiro atoms. The quantitative estimate of drug-likeness (QED) is 0.573. The average Bonchev–Trinajstić information content (AvgIpc) is 1.68. The Bertz CT molecular complexity index is 82.2. The molecule has 0 aliphatic carbocycles. The lowest BCUT2D eigenvalue weighted by Crippen LogP contribution is -1.70. The Morgan fingerprint density at radius 1 is 1.71 bits per heavy atom. The van der Waals surface area contributed by atoms with E-state index in [0.29, 0.717) is 0 Å². The van der Waals surface area contributed by atoms with Crippen LogP contribution in [0, 0.1) is 0 Å². The highest BCUT2D eigenvalue weighted by molar-refractivity contribution is 8.13. The molecule has 0 amide bonds. The zero-order valence-electron chi connectivity index (χ0n) is 3.83. The van der Waals surface area contributed by atoms with Crippen LogP contribution in [0.2, 0.25) is 0 Å². The van der Waals surface area contributed by atoms with Crippen molar-refractivity contribution in [3.8, 4) is 0 Å². The van der Waals surface area contributed by atoms with Crippen molar-refractivity contribution in [1.29, 1.82) is 0 Å². The van der Waals surface area contributed by atoms with E-state index in [-0.39, 0.29) is 0 Å². The van der Waals surface area contributed by atoms with E-state index in [2.05, 4.69) is 8.83 Å². The lowest BCUT2D eigenvalue weighted by Gasteiger charge is -2.03. The molecule has 0 heterocycles. The molecule has 0 N–H and O–H groups in total. The normalized spacial score (nSPS) is 18.7. The Hall–Kier alpha value is 1.01. The van der Waals surface area contributed by atoms with Crippen molar-refractivity contribution in [1.82, 2.24) is 0 Å². The van der Waals surface area contributed by atoms with Gasteiger partial charge in [0.25, 0.3) is 0 Å². The summed E-state index contributed by atoms with van der Waals surface area (Å²) in [4.78, 5) is 0. The fraction of sp³-hybridized carbons (Fsp3) is 1.00. The van der Waals surface area contributed by atoms with E-state index >= 15 is 0 Å². The summed E-state index contributed by atoms with van der Waals surface area (Å²) in [6.45, 7) is 0. The van der Waals surface area contributed by atoms with Crippen LogP contribution in [0.4, 0.5) is 0 Å². The van der Waals surface area contributed by atoms with Crippen LogP contribution in [0.25, 0.3) is 0 Å². The highest BCUT2D eigenvalue weighted by Crippen LogP contribution is 2.57. The first-order chi connectivity index (χ1) is 3.12. The minimum atomic E-state index is -2.77. The highest BCUT2D eigenvalue weighted by atomic mass is 32.1. The molecular formula is CH7O3P3. The van der Waals surface area contributed by atoms with Gasteiger partial charge in [-0.15, -0.1) is 0 Å². The first kappa shape index (κ1) is 8.01. The Morgan fingerprint density at radius 2 is 2.14 bits per heavy atom. The summed E-state index contributed by atoms with van der Waals surface area (Å²) in [7, 11) is 2.36. The molecule has 44 valence electrons. The summed E-state index contributed by atoms with van der Waals surface area (Å²) in [5.74, 6) is 0. The second-order valence-corrected chi connectivity index (χ2v) is 5.01. The molecule has 0 radical (unpaired) electrons. The minimum absolute atomic E-state index is 1.32. The van der Waals surface area contributed by atoms with Crippen LogP contribution in [-0.2, 0) is 13.4 Å². The van der Waals surface area contributed by atoms with E-state index < -0.39 is 7.28 Å². The maximum Gasteiger partial charge on any atom is 0.345 e. The summed E-state index contributed by atoms with van der Waals surface area (Å²) < 4.78 is 19.1. The van der Waals surface area contributed by atoms with Gasteiger partial charge in [0.05, 0.1) is 0 Å². The monoisotopic (exact) mass is 160 g/mol. The third-order valence-corrected chi connectivity index (χ3v) is 3.81. The van der Waals surface area contributed by atoms with E-state index in [1.54, 1.807) is 0 Å². The van der Waals surface area contributed by atoms with E-state index in [1.807, 2.05) is 18.4 Å². The van der Waals surface area contributed by atoms with Crippen molar-refractivity contribution in [2.45, 2.75) is 0 Å². The Labute approximate surface area is 47.1 Å². The first-order valence-corrected chi connectivity index (χ1v) is 5.08. The van der Waals surface area contributed by atoms with Crippen LogP contribution in [-0.4, -0.2) is 7.11 Å². The van der Waals surface area contributed by atoms with Gasteiger partial charge in [0.15, 0.2) is 0 Å². The summed E-state index contributed by atoms with van der Waals surface area (Å²) in [6, 6.07) is 0. The van der Waals surface area contributed by atoms with Gasteiger partial charge in [-0.1, -0.05) is 0 Å². The maximum absolute atomic E-state index is 10.4. The van der Waals surface area contributed by atoms with Crippen molar-refractivity contribution in [2.75, 3.05) is 7.11 Å². The Morgan fingerprint density at radius 3 is 2.14 bits per heavy atom. The fourth-order valence-corrected chi connectivity index (χ4v) is 0.387. The highest BCUT2D eigenvalue weighted by Gasteiger charge is 2.09. The third kappa shape index (κ3) is 3.58. The molecule has 7 heavy (non-hydrogen) atoms. The largest absolute Gasteiger partial charge is 0.345 e. The van der Waals surface area contributed by atoms with Gasteiger partial charge >= 0.3 is 7.28 Å². The van der Waals surface area contributed by atoms with E-state index in [1.165, 1.54) is 7.11 Å². The molecular weight excluding hydrogens is 153 g/mol. The molecule has 0 rings (SSSR count). The maximum atomic E-state index is 10.4. The van der Waals surface area contributed by atoms with E-state index in [4.69, 9.17) is 0 Å². The van der Waals surface area contributed by atoms with E-state index in [0.717, 1.165) is 0 Å². The lowest BCUT2D eigenvalue weighted by atomic mass is 11.8. The smallest absolute Gasteiger partial charge is 0.309 e. The van der Waals surface area contributed by atoms with Gasteiger partial charge in [0.1, 0.15) is 0 Å². The topological polar surface area (TPSA) is 35.5 Å². The molecule has 0 aliphatic rings. The number of hydrogen-bond donors (Lipinski definition) is 0. The molecule has 0 saturated carbocycles. The molecule has 0 aromatic carbocycles. The van der Waals surface area contributed by atoms with Crippen LogP contribution in [0.15, 0.2) is 0 Å². The average molecular weight is 160 g/mol. The van der Waals surface area contributed by atoms with E-state index in [9.17, 15) is 4.57 Å². The summed E-state index contributed by atoms with van der Waals surface area (Å²) >= 11 is 0. The lowest BCUT2D eigenvalue weighted by molar-refractivity contribution is 0.355. The van der Waals surface area contributed by atoms with Crippen LogP contribution in [0.5, 0.6) is 0 Å². The minimum Gasteiger partial charge on any atom is -0.309 e. The van der Waals surface area contributed by atoms with Crippen molar-refractivity contribution < 1.29 is 13.4 Å². The summed E-state index contributed by atoms with van der Waals surface area (Å²) in [6.07, 6.45) is 0. The number of hydrogen-bond acceptors (Lipinski definition) is 3. The molecule has 3 nitrogen and oxygen atoms in total. The summed E-state index contributed by atoms with van der Waals surface area (Å²) in [5.41, 5.74) is 0. The molecule has 0 aromatic heterocycles. The molecule has 0 fully saturated rings. The Kier molecular flexibility index (Phi) is 3.57. The second kappa shape index (κ2) is 3.12. The van der Waals surface area contributed by atoms with Crippen molar-refractivity contribution in [3.63, 3.8) is 0 Å². The molecule has 0 aromatic rings. The molecule has 3 atom stereocenters. The van der Waals surface area contributed by atoms with Crippen LogP contribution in [0.1, 0.15) is 0 Å². The van der Waals surface area contributed by atoms with Gasteiger partial charge in [-0.25, -0.2) is 0 Å². The first-order valence-electron chi connectivity index (χ1n) is 1.45. The molecule has 6 heteroatoms. The number of rotatable bonds is 2. The van der Waals surface area contributed by atoms with Crippen molar-refractivity contribution in [2.24, 2.45) is 0 Å². The zero-order valence-corrected chi connectivity index (χ0v) is 7.03. The summed E-state index contributed by atoms with van der Waals surface area (Å²) in [5, 5.41) is 0. The van der Waals surface area contributed by atoms with Gasteiger partial charge in [0, 0.05) is 16.6 Å². The Balaban J connectivity index is 3.61. The van der Waals surface area contributed by atoms with Gasteiger partial charge < -0.3 is 4.52 Å².